The SMILES string of the molecule is CCc1ccc(CN(C)C(=O)c2ccc3oc(CCCc4ccccc4)nc3c2)nc1. The van der Waals surface area contributed by atoms with Gasteiger partial charge >= 0.3 is 0 Å². The fourth-order valence-electron chi connectivity index (χ4n) is 3.60. The van der Waals surface area contributed by atoms with Gasteiger partial charge in [0.2, 0.25) is 0 Å². The fourth-order valence-corrected chi connectivity index (χ4v) is 3.60. The zero-order valence-electron chi connectivity index (χ0n) is 18.0. The minimum absolute atomic E-state index is 0.0584. The van der Waals surface area contributed by atoms with Gasteiger partial charge in [-0.05, 0) is 54.7 Å². The van der Waals surface area contributed by atoms with Gasteiger partial charge in [-0.25, -0.2) is 4.98 Å². The van der Waals surface area contributed by atoms with Crippen LogP contribution in [0.2, 0.25) is 0 Å². The third-order valence-electron chi connectivity index (χ3n) is 5.42. The van der Waals surface area contributed by atoms with E-state index in [2.05, 4.69) is 47.2 Å². The summed E-state index contributed by atoms with van der Waals surface area (Å²) in [6.45, 7) is 2.56. The largest absolute Gasteiger partial charge is 0.441 e. The van der Waals surface area contributed by atoms with Crippen molar-refractivity contribution in [3.05, 3.63) is 95.1 Å². The van der Waals surface area contributed by atoms with Gasteiger partial charge in [0, 0.05) is 25.2 Å². The highest BCUT2D eigenvalue weighted by Crippen LogP contribution is 2.20. The monoisotopic (exact) mass is 413 g/mol. The van der Waals surface area contributed by atoms with Gasteiger partial charge in [-0.1, -0.05) is 43.3 Å². The summed E-state index contributed by atoms with van der Waals surface area (Å²) in [5, 5.41) is 0. The molecule has 5 heteroatoms. The Morgan fingerprint density at radius 2 is 1.84 bits per heavy atom. The van der Waals surface area contributed by atoms with Crippen LogP contribution in [-0.2, 0) is 25.8 Å². The maximum atomic E-state index is 12.9. The predicted octanol–water partition coefficient (Wildman–Crippen LogP) is 5.23. The Bertz CT molecular complexity index is 1150. The van der Waals surface area contributed by atoms with Crippen LogP contribution in [0.5, 0.6) is 0 Å². The lowest BCUT2D eigenvalue weighted by molar-refractivity contribution is 0.0783. The van der Waals surface area contributed by atoms with E-state index in [1.165, 1.54) is 11.1 Å². The Kier molecular flexibility index (Phi) is 6.41. The van der Waals surface area contributed by atoms with Crippen LogP contribution in [0.25, 0.3) is 11.1 Å². The standard InChI is InChI=1S/C26H27N3O2/c1-3-19-12-14-22(27-17-19)18-29(2)26(30)21-13-15-24-23(16-21)28-25(31-24)11-7-10-20-8-5-4-6-9-20/h4-6,8-9,12-17H,3,7,10-11,18H2,1-2H3. The topological polar surface area (TPSA) is 59.2 Å². The van der Waals surface area contributed by atoms with Crippen LogP contribution in [0, 0.1) is 0 Å². The molecule has 0 aliphatic heterocycles. The van der Waals surface area contributed by atoms with Crippen LogP contribution >= 0.6 is 0 Å². The Morgan fingerprint density at radius 1 is 1.00 bits per heavy atom. The number of aromatic nitrogens is 2. The van der Waals surface area contributed by atoms with Gasteiger partial charge in [0.1, 0.15) is 5.52 Å². The molecule has 0 aliphatic rings. The van der Waals surface area contributed by atoms with Crippen LogP contribution in [0.1, 0.15) is 46.4 Å². The van der Waals surface area contributed by atoms with Crippen molar-refractivity contribution in [3.8, 4) is 0 Å². The van der Waals surface area contributed by atoms with Crippen LogP contribution in [0.15, 0.2) is 71.3 Å². The van der Waals surface area contributed by atoms with Gasteiger partial charge in [0.25, 0.3) is 5.91 Å². The smallest absolute Gasteiger partial charge is 0.254 e. The molecule has 5 nitrogen and oxygen atoms in total. The number of amides is 1. The molecule has 31 heavy (non-hydrogen) atoms. The number of benzene rings is 2. The molecule has 0 fully saturated rings. The number of aryl methyl sites for hydroxylation is 3. The number of hydrogen-bond donors (Lipinski definition) is 0. The van der Waals surface area contributed by atoms with Gasteiger partial charge in [-0.15, -0.1) is 0 Å². The van der Waals surface area contributed by atoms with Crippen molar-refractivity contribution in [1.29, 1.82) is 0 Å². The van der Waals surface area contributed by atoms with E-state index in [0.29, 0.717) is 23.6 Å². The first-order valence-corrected chi connectivity index (χ1v) is 10.7. The number of fused-ring (bicyclic) bond motifs is 1. The first kappa shape index (κ1) is 20.8. The molecule has 2 aromatic carbocycles. The molecule has 0 saturated heterocycles. The van der Waals surface area contributed by atoms with E-state index >= 15 is 0 Å². The number of oxazole rings is 1. The zero-order chi connectivity index (χ0) is 21.6. The number of carbonyl (C=O) groups is 1. The number of rotatable bonds is 8. The first-order valence-electron chi connectivity index (χ1n) is 10.7. The van der Waals surface area contributed by atoms with E-state index in [-0.39, 0.29) is 5.91 Å². The maximum Gasteiger partial charge on any atom is 0.254 e. The average molecular weight is 414 g/mol. The van der Waals surface area contributed by atoms with E-state index in [1.54, 1.807) is 18.0 Å². The molecule has 4 rings (SSSR count). The van der Waals surface area contributed by atoms with Crippen LogP contribution in [0.3, 0.4) is 0 Å². The van der Waals surface area contributed by atoms with Gasteiger partial charge in [0.05, 0.1) is 12.2 Å². The Labute approximate surface area is 182 Å². The third kappa shape index (κ3) is 5.18. The van der Waals surface area contributed by atoms with Crippen LogP contribution in [0.4, 0.5) is 0 Å². The minimum Gasteiger partial charge on any atom is -0.441 e. The Morgan fingerprint density at radius 3 is 2.58 bits per heavy atom. The molecule has 0 radical (unpaired) electrons. The van der Waals surface area contributed by atoms with Gasteiger partial charge in [-0.2, -0.15) is 0 Å². The molecule has 0 unspecified atom stereocenters. The number of carbonyl (C=O) groups excluding carboxylic acids is 1. The van der Waals surface area contributed by atoms with Crippen LogP contribution < -0.4 is 0 Å². The lowest BCUT2D eigenvalue weighted by Crippen LogP contribution is -2.26. The van der Waals surface area contributed by atoms with E-state index < -0.39 is 0 Å². The highest BCUT2D eigenvalue weighted by molar-refractivity contribution is 5.96. The molecular weight excluding hydrogens is 386 g/mol. The highest BCUT2D eigenvalue weighted by Gasteiger charge is 2.15. The summed E-state index contributed by atoms with van der Waals surface area (Å²) >= 11 is 0. The molecule has 0 N–H and O–H groups in total. The summed E-state index contributed by atoms with van der Waals surface area (Å²) in [5.74, 6) is 0.654. The second-order valence-electron chi connectivity index (χ2n) is 7.80. The second-order valence-corrected chi connectivity index (χ2v) is 7.80. The Hall–Kier alpha value is -3.47. The minimum atomic E-state index is -0.0584. The van der Waals surface area contributed by atoms with Crippen molar-refractivity contribution < 1.29 is 9.21 Å². The zero-order valence-corrected chi connectivity index (χ0v) is 18.0. The molecule has 0 spiro atoms. The van der Waals surface area contributed by atoms with E-state index in [1.807, 2.05) is 30.5 Å². The molecule has 1 amide bonds. The molecule has 0 saturated carbocycles. The molecule has 4 aromatic rings. The summed E-state index contributed by atoms with van der Waals surface area (Å²) in [5.41, 5.74) is 5.41. The van der Waals surface area contributed by atoms with Gasteiger partial charge in [0.15, 0.2) is 11.5 Å². The maximum absolute atomic E-state index is 12.9. The molecular formula is C26H27N3O2. The quantitative estimate of drug-likeness (QED) is 0.397. The normalized spacial score (nSPS) is 11.0. The molecule has 0 atom stereocenters. The summed E-state index contributed by atoms with van der Waals surface area (Å²) in [4.78, 5) is 23.6. The molecule has 2 heterocycles. The molecule has 0 bridgehead atoms. The molecule has 0 aliphatic carbocycles. The van der Waals surface area contributed by atoms with E-state index in [9.17, 15) is 4.79 Å². The van der Waals surface area contributed by atoms with E-state index in [0.717, 1.165) is 36.9 Å². The molecule has 158 valence electrons. The summed E-state index contributed by atoms with van der Waals surface area (Å²) in [6, 6.07) is 19.9. The van der Waals surface area contributed by atoms with Crippen LogP contribution in [-0.4, -0.2) is 27.8 Å². The number of hydrogen-bond acceptors (Lipinski definition) is 4. The Balaban J connectivity index is 1.39. The summed E-state index contributed by atoms with van der Waals surface area (Å²) in [6.07, 6.45) is 5.55. The third-order valence-corrected chi connectivity index (χ3v) is 5.42. The van der Waals surface area contributed by atoms with Crippen molar-refractivity contribution in [2.24, 2.45) is 0 Å². The summed E-state index contributed by atoms with van der Waals surface area (Å²) in [7, 11) is 1.79. The second kappa shape index (κ2) is 9.56. The lowest BCUT2D eigenvalue weighted by atomic mass is 10.1. The van der Waals surface area contributed by atoms with Gasteiger partial charge < -0.3 is 9.32 Å². The molecule has 2 aromatic heterocycles. The lowest BCUT2D eigenvalue weighted by Gasteiger charge is -2.17. The van der Waals surface area contributed by atoms with E-state index in [4.69, 9.17) is 4.42 Å². The number of pyridine rings is 1. The van der Waals surface area contributed by atoms with Crippen molar-refractivity contribution >= 4 is 17.0 Å². The number of nitrogens with zero attached hydrogens (tertiary/aromatic N) is 3. The highest BCUT2D eigenvalue weighted by atomic mass is 16.3. The van der Waals surface area contributed by atoms with Crippen molar-refractivity contribution in [2.45, 2.75) is 39.2 Å². The fraction of sp³-hybridized carbons (Fsp3) is 0.269. The van der Waals surface area contributed by atoms with Crippen molar-refractivity contribution in [3.63, 3.8) is 0 Å². The van der Waals surface area contributed by atoms with Gasteiger partial charge in [-0.3, -0.25) is 9.78 Å². The first-order chi connectivity index (χ1) is 15.1. The predicted molar refractivity (Wildman–Crippen MR) is 122 cm³/mol. The average Bonchev–Trinajstić information content (AvgIpc) is 3.21. The van der Waals surface area contributed by atoms with Crippen molar-refractivity contribution in [1.82, 2.24) is 14.9 Å². The van der Waals surface area contributed by atoms with Crippen molar-refractivity contribution in [2.75, 3.05) is 7.05 Å². The summed E-state index contributed by atoms with van der Waals surface area (Å²) < 4.78 is 5.87.